The van der Waals surface area contributed by atoms with Crippen LogP contribution in [0.1, 0.15) is 15.9 Å². The van der Waals surface area contributed by atoms with Crippen LogP contribution in [0, 0.1) is 0 Å². The number of hydrogen-bond donors (Lipinski definition) is 0. The largest absolute Gasteiger partial charge is 0.496 e. The molecular weight excluding hydrogens is 364 g/mol. The third kappa shape index (κ3) is 2.66. The predicted octanol–water partition coefficient (Wildman–Crippen LogP) is 4.80. The number of Topliss-reactive ketones (excluding diaryl/α,β-unsaturated/α-hetero) is 1. The summed E-state index contributed by atoms with van der Waals surface area (Å²) in [5.41, 5.74) is 1.59. The van der Waals surface area contributed by atoms with E-state index in [1.165, 1.54) is 11.8 Å². The number of ether oxygens (including phenoxy) is 2. The van der Waals surface area contributed by atoms with E-state index in [2.05, 4.69) is 15.9 Å². The summed E-state index contributed by atoms with van der Waals surface area (Å²) >= 11 is 4.95. The zero-order chi connectivity index (χ0) is 15.7. The van der Waals surface area contributed by atoms with Gasteiger partial charge in [0, 0.05) is 22.1 Å². The van der Waals surface area contributed by atoms with E-state index in [9.17, 15) is 4.79 Å². The van der Waals surface area contributed by atoms with Crippen LogP contribution in [0.15, 0.2) is 50.7 Å². The average molecular weight is 377 g/mol. The molecule has 0 saturated carbocycles. The van der Waals surface area contributed by atoms with Crippen LogP contribution < -0.4 is 9.47 Å². The van der Waals surface area contributed by atoms with E-state index in [1.807, 2.05) is 36.4 Å². The normalized spacial score (nSPS) is 15.0. The number of carbonyl (C=O) groups is 1. The monoisotopic (exact) mass is 376 g/mol. The predicted molar refractivity (Wildman–Crippen MR) is 91.9 cm³/mol. The molecule has 5 heteroatoms. The molecule has 0 N–H and O–H groups in total. The molecule has 0 aromatic heterocycles. The van der Waals surface area contributed by atoms with E-state index in [4.69, 9.17) is 9.47 Å². The molecule has 1 aliphatic rings. The fourth-order valence-corrected chi connectivity index (χ4v) is 3.84. The lowest BCUT2D eigenvalue weighted by atomic mass is 10.1. The Labute approximate surface area is 141 Å². The molecule has 1 heterocycles. The van der Waals surface area contributed by atoms with Crippen molar-refractivity contribution in [2.75, 3.05) is 14.2 Å². The number of fused-ring (bicyclic) bond motifs is 1. The quantitative estimate of drug-likeness (QED) is 0.721. The number of thioether (sulfide) groups is 1. The van der Waals surface area contributed by atoms with Crippen LogP contribution in [0.2, 0.25) is 0 Å². The zero-order valence-electron chi connectivity index (χ0n) is 12.1. The van der Waals surface area contributed by atoms with Gasteiger partial charge in [-0.1, -0.05) is 23.9 Å². The highest BCUT2D eigenvalue weighted by Gasteiger charge is 2.25. The molecule has 0 amide bonds. The van der Waals surface area contributed by atoms with Gasteiger partial charge >= 0.3 is 0 Å². The molecule has 2 aromatic carbocycles. The number of hydrogen-bond acceptors (Lipinski definition) is 4. The van der Waals surface area contributed by atoms with Crippen molar-refractivity contribution in [3.63, 3.8) is 0 Å². The number of allylic oxidation sites excluding steroid dienone is 1. The van der Waals surface area contributed by atoms with Crippen molar-refractivity contribution in [1.29, 1.82) is 0 Å². The van der Waals surface area contributed by atoms with E-state index in [-0.39, 0.29) is 5.78 Å². The van der Waals surface area contributed by atoms with Crippen molar-refractivity contribution in [3.8, 4) is 11.5 Å². The van der Waals surface area contributed by atoms with Gasteiger partial charge in [0.2, 0.25) is 5.78 Å². The second kappa shape index (κ2) is 6.18. The zero-order valence-corrected chi connectivity index (χ0v) is 14.5. The van der Waals surface area contributed by atoms with E-state index < -0.39 is 0 Å². The lowest BCUT2D eigenvalue weighted by molar-refractivity contribution is 0.104. The fraction of sp³-hybridized carbons (Fsp3) is 0.118. The first-order valence-electron chi connectivity index (χ1n) is 6.59. The Bertz CT molecular complexity index is 783. The van der Waals surface area contributed by atoms with Gasteiger partial charge in [0.25, 0.3) is 0 Å². The molecule has 0 saturated heterocycles. The fourth-order valence-electron chi connectivity index (χ4n) is 2.27. The minimum atomic E-state index is 0.0505. The summed E-state index contributed by atoms with van der Waals surface area (Å²) < 4.78 is 11.5. The molecule has 0 aliphatic carbocycles. The first kappa shape index (κ1) is 15.2. The van der Waals surface area contributed by atoms with Gasteiger partial charge < -0.3 is 9.47 Å². The SMILES string of the molecule is COc1cc(OC)c(/C=C2\Sc3ccccc3C2=O)cc1Br. The molecule has 3 nitrogen and oxygen atoms in total. The molecule has 0 radical (unpaired) electrons. The second-order valence-electron chi connectivity index (χ2n) is 4.66. The van der Waals surface area contributed by atoms with Crippen LogP contribution in [0.25, 0.3) is 6.08 Å². The first-order valence-corrected chi connectivity index (χ1v) is 8.19. The molecule has 3 rings (SSSR count). The highest BCUT2D eigenvalue weighted by molar-refractivity contribution is 9.10. The first-order chi connectivity index (χ1) is 10.6. The van der Waals surface area contributed by atoms with Crippen LogP contribution in [0.4, 0.5) is 0 Å². The lowest BCUT2D eigenvalue weighted by Gasteiger charge is -2.10. The van der Waals surface area contributed by atoms with E-state index in [0.717, 1.165) is 20.5 Å². The molecule has 22 heavy (non-hydrogen) atoms. The van der Waals surface area contributed by atoms with Crippen LogP contribution in [-0.2, 0) is 0 Å². The number of halogens is 1. The van der Waals surface area contributed by atoms with Gasteiger partial charge in [0.05, 0.1) is 23.6 Å². The van der Waals surface area contributed by atoms with Gasteiger partial charge in [-0.25, -0.2) is 0 Å². The number of carbonyl (C=O) groups excluding carboxylic acids is 1. The Hall–Kier alpha value is -1.72. The van der Waals surface area contributed by atoms with Crippen molar-refractivity contribution in [2.24, 2.45) is 0 Å². The summed E-state index contributed by atoms with van der Waals surface area (Å²) in [7, 11) is 3.20. The third-order valence-electron chi connectivity index (χ3n) is 3.37. The van der Waals surface area contributed by atoms with Gasteiger partial charge in [-0.2, -0.15) is 0 Å². The standard InChI is InChI=1S/C17H13BrO3S/c1-20-13-9-14(21-2)12(18)7-10(13)8-16-17(19)11-5-3-4-6-15(11)22-16/h3-9H,1-2H3/b16-8-. The minimum absolute atomic E-state index is 0.0505. The maximum atomic E-state index is 12.4. The maximum absolute atomic E-state index is 12.4. The van der Waals surface area contributed by atoms with Gasteiger partial charge in [0.1, 0.15) is 11.5 Å². The summed E-state index contributed by atoms with van der Waals surface area (Å²) in [4.78, 5) is 14.1. The van der Waals surface area contributed by atoms with Crippen LogP contribution in [-0.4, -0.2) is 20.0 Å². The van der Waals surface area contributed by atoms with Gasteiger partial charge in [0.15, 0.2) is 0 Å². The second-order valence-corrected chi connectivity index (χ2v) is 6.60. The lowest BCUT2D eigenvalue weighted by Crippen LogP contribution is -1.95. The Morgan fingerprint density at radius 3 is 2.50 bits per heavy atom. The topological polar surface area (TPSA) is 35.5 Å². The molecule has 0 fully saturated rings. The van der Waals surface area contributed by atoms with Crippen molar-refractivity contribution >= 4 is 39.6 Å². The molecule has 2 aromatic rings. The highest BCUT2D eigenvalue weighted by atomic mass is 79.9. The number of rotatable bonds is 3. The Morgan fingerprint density at radius 2 is 1.82 bits per heavy atom. The van der Waals surface area contributed by atoms with Crippen molar-refractivity contribution in [2.45, 2.75) is 4.90 Å². The van der Waals surface area contributed by atoms with E-state index in [0.29, 0.717) is 16.4 Å². The van der Waals surface area contributed by atoms with Crippen LogP contribution >= 0.6 is 27.7 Å². The van der Waals surface area contributed by atoms with Gasteiger partial charge in [-0.05, 0) is 40.2 Å². The molecular formula is C17H13BrO3S. The molecule has 0 bridgehead atoms. The maximum Gasteiger partial charge on any atom is 0.200 e. The molecule has 1 aliphatic heterocycles. The minimum Gasteiger partial charge on any atom is -0.496 e. The van der Waals surface area contributed by atoms with Crippen LogP contribution in [0.3, 0.4) is 0 Å². The average Bonchev–Trinajstić information content (AvgIpc) is 2.84. The summed E-state index contributed by atoms with van der Waals surface area (Å²) in [6, 6.07) is 11.3. The highest BCUT2D eigenvalue weighted by Crippen LogP contribution is 2.42. The molecule has 112 valence electrons. The number of ketones is 1. The molecule has 0 unspecified atom stereocenters. The summed E-state index contributed by atoms with van der Waals surface area (Å²) in [6.07, 6.45) is 1.86. The Kier molecular flexibility index (Phi) is 4.27. The summed E-state index contributed by atoms with van der Waals surface area (Å²) in [6.45, 7) is 0. The smallest absolute Gasteiger partial charge is 0.200 e. The number of benzene rings is 2. The van der Waals surface area contributed by atoms with Crippen molar-refractivity contribution in [1.82, 2.24) is 0 Å². The Morgan fingerprint density at radius 1 is 1.09 bits per heavy atom. The van der Waals surface area contributed by atoms with Gasteiger partial charge in [-0.15, -0.1) is 0 Å². The molecule has 0 atom stereocenters. The van der Waals surface area contributed by atoms with Crippen molar-refractivity contribution in [3.05, 3.63) is 56.9 Å². The summed E-state index contributed by atoms with van der Waals surface area (Å²) in [5.74, 6) is 1.40. The third-order valence-corrected chi connectivity index (χ3v) is 5.08. The van der Waals surface area contributed by atoms with Crippen molar-refractivity contribution < 1.29 is 14.3 Å². The van der Waals surface area contributed by atoms with E-state index in [1.54, 1.807) is 20.3 Å². The van der Waals surface area contributed by atoms with Gasteiger partial charge in [-0.3, -0.25) is 4.79 Å². The molecule has 0 spiro atoms. The van der Waals surface area contributed by atoms with Crippen LogP contribution in [0.5, 0.6) is 11.5 Å². The number of methoxy groups -OCH3 is 2. The summed E-state index contributed by atoms with van der Waals surface area (Å²) in [5, 5.41) is 0. The van der Waals surface area contributed by atoms with E-state index >= 15 is 0 Å². The Balaban J connectivity index is 2.04.